The summed E-state index contributed by atoms with van der Waals surface area (Å²) in [6.07, 6.45) is 0.185. The molecule has 0 saturated heterocycles. The molecule has 4 heteroatoms. The number of carbonyl (C=O) groups is 1. The fourth-order valence-electron chi connectivity index (χ4n) is 1.96. The van der Waals surface area contributed by atoms with Gasteiger partial charge in [0.15, 0.2) is 0 Å². The molecule has 17 heavy (non-hydrogen) atoms. The van der Waals surface area contributed by atoms with Crippen molar-refractivity contribution in [2.75, 3.05) is 0 Å². The number of halogens is 1. The van der Waals surface area contributed by atoms with Crippen molar-refractivity contribution < 1.29 is 4.79 Å². The van der Waals surface area contributed by atoms with Crippen molar-refractivity contribution in [3.05, 3.63) is 40.0 Å². The predicted molar refractivity (Wildman–Crippen MR) is 69.1 cm³/mol. The highest BCUT2D eigenvalue weighted by molar-refractivity contribution is 6.35. The fraction of sp³-hybridized carbons (Fsp3) is 0.231. The number of nitrogens with two attached hydrogens (primary N) is 1. The Morgan fingerprint density at radius 2 is 2.06 bits per heavy atom. The Kier molecular flexibility index (Phi) is 3.03. The number of fused-ring (bicyclic) bond motifs is 1. The summed E-state index contributed by atoms with van der Waals surface area (Å²) in [6, 6.07) is 5.71. The van der Waals surface area contributed by atoms with Gasteiger partial charge >= 0.3 is 0 Å². The first-order chi connectivity index (χ1) is 7.97. The zero-order chi connectivity index (χ0) is 12.6. The lowest BCUT2D eigenvalue weighted by Gasteiger charge is -2.08. The molecule has 0 saturated carbocycles. The highest BCUT2D eigenvalue weighted by atomic mass is 35.5. The number of pyridine rings is 1. The van der Waals surface area contributed by atoms with Gasteiger partial charge in [-0.1, -0.05) is 23.2 Å². The molecule has 0 fully saturated rings. The Hall–Kier alpha value is -1.61. The molecule has 2 aromatic rings. The summed E-state index contributed by atoms with van der Waals surface area (Å²) in [5.41, 5.74) is 8.71. The molecule has 1 heterocycles. The van der Waals surface area contributed by atoms with Crippen molar-refractivity contribution in [3.63, 3.8) is 0 Å². The maximum absolute atomic E-state index is 11.1. The summed E-state index contributed by atoms with van der Waals surface area (Å²) >= 11 is 6.19. The molecule has 0 bridgehead atoms. The number of hydrogen-bond acceptors (Lipinski definition) is 2. The quantitative estimate of drug-likeness (QED) is 0.888. The van der Waals surface area contributed by atoms with Crippen LogP contribution >= 0.6 is 11.6 Å². The van der Waals surface area contributed by atoms with Gasteiger partial charge in [-0.15, -0.1) is 0 Å². The number of aromatic nitrogens is 1. The third kappa shape index (κ3) is 2.39. The first-order valence-electron chi connectivity index (χ1n) is 5.32. The number of hydrogen-bond donors (Lipinski definition) is 1. The van der Waals surface area contributed by atoms with Gasteiger partial charge in [-0.2, -0.15) is 0 Å². The normalized spacial score (nSPS) is 10.8. The molecule has 0 aliphatic heterocycles. The minimum absolute atomic E-state index is 0.185. The van der Waals surface area contributed by atoms with Gasteiger partial charge in [-0.3, -0.25) is 9.78 Å². The summed E-state index contributed by atoms with van der Waals surface area (Å²) in [5.74, 6) is -0.365. The third-order valence-electron chi connectivity index (χ3n) is 2.58. The summed E-state index contributed by atoms with van der Waals surface area (Å²) in [6.45, 7) is 3.83. The van der Waals surface area contributed by atoms with Crippen LogP contribution in [0.15, 0.2) is 18.2 Å². The number of benzene rings is 1. The first kappa shape index (κ1) is 11.9. The van der Waals surface area contributed by atoms with Crippen LogP contribution in [0.3, 0.4) is 0 Å². The van der Waals surface area contributed by atoms with Gasteiger partial charge in [-0.25, -0.2) is 0 Å². The second kappa shape index (κ2) is 4.34. The lowest BCUT2D eigenvalue weighted by atomic mass is 10.0. The molecule has 1 amide bonds. The van der Waals surface area contributed by atoms with Gasteiger partial charge in [0.05, 0.1) is 17.0 Å². The Morgan fingerprint density at radius 1 is 1.35 bits per heavy atom. The molecule has 2 N–H and O–H groups in total. The van der Waals surface area contributed by atoms with E-state index < -0.39 is 0 Å². The number of aryl methyl sites for hydroxylation is 2. The molecule has 1 aromatic carbocycles. The summed E-state index contributed by atoms with van der Waals surface area (Å²) in [5, 5.41) is 1.52. The van der Waals surface area contributed by atoms with Crippen molar-refractivity contribution in [2.24, 2.45) is 5.73 Å². The number of amides is 1. The van der Waals surface area contributed by atoms with Gasteiger partial charge in [-0.05, 0) is 31.5 Å². The molecule has 3 nitrogen and oxygen atoms in total. The average molecular weight is 249 g/mol. The lowest BCUT2D eigenvalue weighted by Crippen LogP contribution is -2.14. The zero-order valence-electron chi connectivity index (χ0n) is 9.75. The van der Waals surface area contributed by atoms with E-state index in [9.17, 15) is 4.79 Å². The van der Waals surface area contributed by atoms with Gasteiger partial charge in [0, 0.05) is 11.1 Å². The fourth-order valence-corrected chi connectivity index (χ4v) is 2.26. The molecule has 0 unspecified atom stereocenters. The summed E-state index contributed by atoms with van der Waals surface area (Å²) in [4.78, 5) is 15.5. The zero-order valence-corrected chi connectivity index (χ0v) is 10.5. The summed E-state index contributed by atoms with van der Waals surface area (Å²) in [7, 11) is 0. The SMILES string of the molecule is Cc1cc(CC(N)=O)c2nc(C)cc(Cl)c2c1. The minimum Gasteiger partial charge on any atom is -0.369 e. The highest BCUT2D eigenvalue weighted by Crippen LogP contribution is 2.27. The summed E-state index contributed by atoms with van der Waals surface area (Å²) < 4.78 is 0. The van der Waals surface area contributed by atoms with Gasteiger partial charge in [0.1, 0.15) is 0 Å². The molecule has 0 spiro atoms. The second-order valence-electron chi connectivity index (χ2n) is 4.21. The number of primary amides is 1. The van der Waals surface area contributed by atoms with E-state index in [0.29, 0.717) is 5.02 Å². The molecule has 0 aliphatic carbocycles. The van der Waals surface area contributed by atoms with Crippen molar-refractivity contribution in [2.45, 2.75) is 20.3 Å². The average Bonchev–Trinajstić information content (AvgIpc) is 2.19. The lowest BCUT2D eigenvalue weighted by molar-refractivity contribution is -0.117. The van der Waals surface area contributed by atoms with Crippen molar-refractivity contribution in [3.8, 4) is 0 Å². The maximum atomic E-state index is 11.1. The van der Waals surface area contributed by atoms with E-state index in [2.05, 4.69) is 4.98 Å². The van der Waals surface area contributed by atoms with Gasteiger partial charge < -0.3 is 5.73 Å². The number of nitrogens with zero attached hydrogens (tertiary/aromatic N) is 1. The van der Waals surface area contributed by atoms with E-state index in [1.165, 1.54) is 0 Å². The van der Waals surface area contributed by atoms with Crippen LogP contribution in [0.25, 0.3) is 10.9 Å². The highest BCUT2D eigenvalue weighted by Gasteiger charge is 2.10. The Morgan fingerprint density at radius 3 is 2.71 bits per heavy atom. The molecule has 1 aromatic heterocycles. The van der Waals surface area contributed by atoms with Crippen LogP contribution in [-0.4, -0.2) is 10.9 Å². The monoisotopic (exact) mass is 248 g/mol. The van der Waals surface area contributed by atoms with Crippen LogP contribution in [0.2, 0.25) is 5.02 Å². The van der Waals surface area contributed by atoms with E-state index in [4.69, 9.17) is 17.3 Å². The van der Waals surface area contributed by atoms with E-state index in [1.807, 2.05) is 32.0 Å². The molecule has 0 radical (unpaired) electrons. The second-order valence-corrected chi connectivity index (χ2v) is 4.62. The van der Waals surface area contributed by atoms with E-state index in [1.54, 1.807) is 0 Å². The topological polar surface area (TPSA) is 56.0 Å². The van der Waals surface area contributed by atoms with Gasteiger partial charge in [0.2, 0.25) is 5.91 Å². The Bertz CT molecular complexity index is 608. The van der Waals surface area contributed by atoms with E-state index >= 15 is 0 Å². The van der Waals surface area contributed by atoms with Crippen molar-refractivity contribution in [1.82, 2.24) is 4.98 Å². The largest absolute Gasteiger partial charge is 0.369 e. The van der Waals surface area contributed by atoms with Crippen LogP contribution in [0, 0.1) is 13.8 Å². The van der Waals surface area contributed by atoms with Crippen LogP contribution in [0.5, 0.6) is 0 Å². The van der Waals surface area contributed by atoms with Crippen LogP contribution in [-0.2, 0) is 11.2 Å². The van der Waals surface area contributed by atoms with Crippen LogP contribution in [0.1, 0.15) is 16.8 Å². The van der Waals surface area contributed by atoms with Crippen molar-refractivity contribution >= 4 is 28.4 Å². The van der Waals surface area contributed by atoms with Crippen molar-refractivity contribution in [1.29, 1.82) is 0 Å². The Balaban J connectivity index is 2.77. The van der Waals surface area contributed by atoms with E-state index in [0.717, 1.165) is 27.7 Å². The Labute approximate surface area is 105 Å². The molecule has 0 atom stereocenters. The number of carbonyl (C=O) groups excluding carboxylic acids is 1. The molecular formula is C13H13ClN2O. The minimum atomic E-state index is -0.365. The molecule has 2 rings (SSSR count). The predicted octanol–water partition coefficient (Wildman–Crippen LogP) is 2.53. The van der Waals surface area contributed by atoms with Crippen LogP contribution in [0.4, 0.5) is 0 Å². The van der Waals surface area contributed by atoms with E-state index in [-0.39, 0.29) is 12.3 Å². The molecular weight excluding hydrogens is 236 g/mol. The molecule has 88 valence electrons. The van der Waals surface area contributed by atoms with Crippen LogP contribution < -0.4 is 5.73 Å². The van der Waals surface area contributed by atoms with Gasteiger partial charge in [0.25, 0.3) is 0 Å². The molecule has 0 aliphatic rings. The number of rotatable bonds is 2. The maximum Gasteiger partial charge on any atom is 0.221 e. The third-order valence-corrected chi connectivity index (χ3v) is 2.89. The standard InChI is InChI=1S/C13H13ClN2O/c1-7-3-9(6-12(15)17)13-10(4-7)11(14)5-8(2)16-13/h3-5H,6H2,1-2H3,(H2,15,17). The first-order valence-corrected chi connectivity index (χ1v) is 5.70. The smallest absolute Gasteiger partial charge is 0.221 e.